The molecule has 0 bridgehead atoms. The van der Waals surface area contributed by atoms with Crippen molar-refractivity contribution in [3.63, 3.8) is 0 Å². The third kappa shape index (κ3) is 4.06. The lowest BCUT2D eigenvalue weighted by atomic mass is 10.2. The van der Waals surface area contributed by atoms with E-state index in [0.717, 1.165) is 11.3 Å². The highest BCUT2D eigenvalue weighted by atomic mass is 28.4. The fraction of sp³-hybridized carbons (Fsp3) is 0.600. The predicted molar refractivity (Wildman–Crippen MR) is 81.0 cm³/mol. The van der Waals surface area contributed by atoms with Crippen LogP contribution >= 0.6 is 0 Å². The number of hydrogen-bond donors (Lipinski definition) is 0. The highest BCUT2D eigenvalue weighted by Gasteiger charge is 2.38. The fourth-order valence-electron chi connectivity index (χ4n) is 1.51. The van der Waals surface area contributed by atoms with E-state index in [2.05, 4.69) is 33.9 Å². The second-order valence-electron chi connectivity index (χ2n) is 6.23. The minimum Gasteiger partial charge on any atom is -0.544 e. The summed E-state index contributed by atoms with van der Waals surface area (Å²) in [6.45, 7) is 11.2. The Balaban J connectivity index is 2.83. The summed E-state index contributed by atoms with van der Waals surface area (Å²) in [6.07, 6.45) is -0.318. The molecule has 0 aliphatic rings. The maximum absolute atomic E-state index is 6.23. The van der Waals surface area contributed by atoms with Gasteiger partial charge in [0.25, 0.3) is 0 Å². The zero-order valence-corrected chi connectivity index (χ0v) is 14.1. The molecule has 0 spiro atoms. The lowest BCUT2D eigenvalue weighted by Gasteiger charge is -2.36. The standard InChI is InChI=1S/C15H26O3Si/c1-15(2,3)19(6,7)18-13-10-8-12(9-11-13)14(16-4)17-5/h8-11,14H,1-7H3. The van der Waals surface area contributed by atoms with Crippen molar-refractivity contribution >= 4 is 8.32 Å². The first kappa shape index (κ1) is 16.2. The molecule has 1 rings (SSSR count). The molecule has 0 heterocycles. The van der Waals surface area contributed by atoms with Crippen LogP contribution < -0.4 is 4.43 Å². The van der Waals surface area contributed by atoms with Gasteiger partial charge in [0.1, 0.15) is 5.75 Å². The van der Waals surface area contributed by atoms with Crippen molar-refractivity contribution in [1.82, 2.24) is 0 Å². The summed E-state index contributed by atoms with van der Waals surface area (Å²) in [5.41, 5.74) is 0.993. The van der Waals surface area contributed by atoms with E-state index in [-0.39, 0.29) is 11.3 Å². The molecule has 1 aromatic rings. The Morgan fingerprint density at radius 3 is 1.79 bits per heavy atom. The van der Waals surface area contributed by atoms with E-state index < -0.39 is 8.32 Å². The second-order valence-corrected chi connectivity index (χ2v) is 11.0. The van der Waals surface area contributed by atoms with Crippen molar-refractivity contribution in [3.05, 3.63) is 29.8 Å². The Hall–Kier alpha value is -0.843. The van der Waals surface area contributed by atoms with E-state index in [4.69, 9.17) is 13.9 Å². The first-order valence-electron chi connectivity index (χ1n) is 6.56. The van der Waals surface area contributed by atoms with E-state index in [1.54, 1.807) is 14.2 Å². The van der Waals surface area contributed by atoms with Gasteiger partial charge in [-0.25, -0.2) is 0 Å². The smallest absolute Gasteiger partial charge is 0.250 e. The van der Waals surface area contributed by atoms with Gasteiger partial charge < -0.3 is 13.9 Å². The Kier molecular flexibility index (Phi) is 5.18. The molecule has 1 aromatic carbocycles. The summed E-state index contributed by atoms with van der Waals surface area (Å²) in [7, 11) is 1.50. The van der Waals surface area contributed by atoms with Crippen LogP contribution in [-0.4, -0.2) is 22.5 Å². The molecule has 108 valence electrons. The summed E-state index contributed by atoms with van der Waals surface area (Å²) < 4.78 is 16.7. The molecule has 0 amide bonds. The van der Waals surface area contributed by atoms with E-state index in [9.17, 15) is 0 Å². The number of hydrogen-bond acceptors (Lipinski definition) is 3. The molecule has 0 aromatic heterocycles. The molecule has 0 fully saturated rings. The van der Waals surface area contributed by atoms with Crippen molar-refractivity contribution in [1.29, 1.82) is 0 Å². The first-order valence-corrected chi connectivity index (χ1v) is 9.46. The van der Waals surface area contributed by atoms with Crippen molar-refractivity contribution in [2.45, 2.75) is 45.2 Å². The van der Waals surface area contributed by atoms with E-state index in [0.29, 0.717) is 0 Å². The van der Waals surface area contributed by atoms with Crippen LogP contribution in [0.5, 0.6) is 5.75 Å². The average Bonchev–Trinajstić information content (AvgIpc) is 2.31. The van der Waals surface area contributed by atoms with Crippen molar-refractivity contribution in [2.24, 2.45) is 0 Å². The molecule has 0 saturated heterocycles. The average molecular weight is 282 g/mol. The Labute approximate surface area is 118 Å². The predicted octanol–water partition coefficient (Wildman–Crippen LogP) is 4.36. The maximum atomic E-state index is 6.23. The molecule has 0 N–H and O–H groups in total. The van der Waals surface area contributed by atoms with Crippen LogP contribution in [-0.2, 0) is 9.47 Å². The van der Waals surface area contributed by atoms with Gasteiger partial charge in [0.15, 0.2) is 6.29 Å². The topological polar surface area (TPSA) is 27.7 Å². The van der Waals surface area contributed by atoms with Crippen LogP contribution in [0.3, 0.4) is 0 Å². The van der Waals surface area contributed by atoms with Gasteiger partial charge in [0, 0.05) is 19.8 Å². The molecule has 0 atom stereocenters. The van der Waals surface area contributed by atoms with Gasteiger partial charge in [-0.05, 0) is 30.3 Å². The quantitative estimate of drug-likeness (QED) is 0.593. The Morgan fingerprint density at radius 1 is 0.947 bits per heavy atom. The van der Waals surface area contributed by atoms with Gasteiger partial charge in [-0.1, -0.05) is 32.9 Å². The monoisotopic (exact) mass is 282 g/mol. The molecular formula is C15H26O3Si. The number of rotatable bonds is 5. The molecule has 0 radical (unpaired) electrons. The van der Waals surface area contributed by atoms with Crippen LogP contribution in [0.1, 0.15) is 32.6 Å². The third-order valence-corrected chi connectivity index (χ3v) is 8.12. The zero-order valence-electron chi connectivity index (χ0n) is 13.1. The minimum atomic E-state index is -1.77. The van der Waals surface area contributed by atoms with Gasteiger partial charge in [0.2, 0.25) is 8.32 Å². The lowest BCUT2D eigenvalue weighted by molar-refractivity contribution is -0.106. The van der Waals surface area contributed by atoms with E-state index >= 15 is 0 Å². The Bertz CT molecular complexity index is 389. The van der Waals surface area contributed by atoms with Gasteiger partial charge >= 0.3 is 0 Å². The summed E-state index contributed by atoms with van der Waals surface area (Å²) in [6, 6.07) is 7.95. The van der Waals surface area contributed by atoms with Gasteiger partial charge in [-0.3, -0.25) is 0 Å². The fourth-order valence-corrected chi connectivity index (χ4v) is 2.54. The molecule has 0 aliphatic carbocycles. The SMILES string of the molecule is COC(OC)c1ccc(O[Si](C)(C)C(C)(C)C)cc1. The van der Waals surface area contributed by atoms with Crippen molar-refractivity contribution in [3.8, 4) is 5.75 Å². The highest BCUT2D eigenvalue weighted by molar-refractivity contribution is 6.74. The zero-order chi connectivity index (χ0) is 14.7. The van der Waals surface area contributed by atoms with Crippen LogP contribution in [0.2, 0.25) is 18.1 Å². The molecule has 4 heteroatoms. The second kappa shape index (κ2) is 6.07. The number of ether oxygens (including phenoxy) is 2. The lowest BCUT2D eigenvalue weighted by Crippen LogP contribution is -2.43. The van der Waals surface area contributed by atoms with Crippen LogP contribution in [0, 0.1) is 0 Å². The summed E-state index contributed by atoms with van der Waals surface area (Å²) in [5, 5.41) is 0.202. The molecular weight excluding hydrogens is 256 g/mol. The van der Waals surface area contributed by atoms with Crippen LogP contribution in [0.4, 0.5) is 0 Å². The minimum absolute atomic E-state index is 0.202. The van der Waals surface area contributed by atoms with Crippen molar-refractivity contribution < 1.29 is 13.9 Å². The first-order chi connectivity index (χ1) is 8.71. The highest BCUT2D eigenvalue weighted by Crippen LogP contribution is 2.37. The normalized spacial score (nSPS) is 12.8. The molecule has 0 unspecified atom stereocenters. The Morgan fingerprint density at radius 2 is 1.42 bits per heavy atom. The summed E-state index contributed by atoms with van der Waals surface area (Å²) in [4.78, 5) is 0. The largest absolute Gasteiger partial charge is 0.544 e. The van der Waals surface area contributed by atoms with E-state index in [1.807, 2.05) is 24.3 Å². The van der Waals surface area contributed by atoms with Crippen LogP contribution in [0.15, 0.2) is 24.3 Å². The van der Waals surface area contributed by atoms with Crippen molar-refractivity contribution in [2.75, 3.05) is 14.2 Å². The maximum Gasteiger partial charge on any atom is 0.250 e. The molecule has 0 aliphatic heterocycles. The van der Waals surface area contributed by atoms with E-state index in [1.165, 1.54) is 0 Å². The van der Waals surface area contributed by atoms with Gasteiger partial charge in [-0.2, -0.15) is 0 Å². The number of methoxy groups -OCH3 is 2. The molecule has 0 saturated carbocycles. The van der Waals surface area contributed by atoms with Gasteiger partial charge in [0.05, 0.1) is 0 Å². The molecule has 3 nitrogen and oxygen atoms in total. The number of benzene rings is 1. The molecule has 19 heavy (non-hydrogen) atoms. The third-order valence-electron chi connectivity index (χ3n) is 3.76. The van der Waals surface area contributed by atoms with Gasteiger partial charge in [-0.15, -0.1) is 0 Å². The summed E-state index contributed by atoms with van der Waals surface area (Å²) >= 11 is 0. The van der Waals surface area contributed by atoms with Crippen LogP contribution in [0.25, 0.3) is 0 Å². The summed E-state index contributed by atoms with van der Waals surface area (Å²) in [5.74, 6) is 0.918.